The highest BCUT2D eigenvalue weighted by Gasteiger charge is 2.54. The molecule has 0 N–H and O–H groups in total. The van der Waals surface area contributed by atoms with Gasteiger partial charge in [-0.3, -0.25) is 0 Å². The summed E-state index contributed by atoms with van der Waals surface area (Å²) in [7, 11) is 0. The van der Waals surface area contributed by atoms with Gasteiger partial charge in [0.25, 0.3) is 0 Å². The van der Waals surface area contributed by atoms with Crippen LogP contribution in [0.5, 0.6) is 0 Å². The molecule has 0 saturated heterocycles. The third-order valence-electron chi connectivity index (χ3n) is 14.1. The van der Waals surface area contributed by atoms with Gasteiger partial charge in [0.1, 0.15) is 0 Å². The molecule has 7 aromatic rings. The first-order valence-corrected chi connectivity index (χ1v) is 20.3. The average molecular weight is 718 g/mol. The minimum atomic E-state index is -0.362. The molecule has 5 aliphatic rings. The predicted molar refractivity (Wildman–Crippen MR) is 233 cm³/mol. The van der Waals surface area contributed by atoms with Gasteiger partial charge in [-0.2, -0.15) is 0 Å². The molecule has 1 heteroatoms. The molecule has 0 amide bonds. The maximum Gasteiger partial charge on any atom is 0.0723 e. The van der Waals surface area contributed by atoms with Crippen molar-refractivity contribution in [2.24, 2.45) is 0 Å². The summed E-state index contributed by atoms with van der Waals surface area (Å²) in [5.74, 6) is 0. The van der Waals surface area contributed by atoms with Crippen molar-refractivity contribution in [1.29, 1.82) is 0 Å². The van der Waals surface area contributed by atoms with Crippen LogP contribution in [0.25, 0.3) is 39.0 Å². The van der Waals surface area contributed by atoms with Gasteiger partial charge in [0.2, 0.25) is 0 Å². The summed E-state index contributed by atoms with van der Waals surface area (Å²) < 4.78 is 0. The van der Waals surface area contributed by atoms with Crippen LogP contribution in [-0.2, 0) is 16.2 Å². The van der Waals surface area contributed by atoms with Gasteiger partial charge in [0.05, 0.1) is 11.1 Å². The summed E-state index contributed by atoms with van der Waals surface area (Å²) in [5, 5.41) is 0. The van der Waals surface area contributed by atoms with E-state index in [-0.39, 0.29) is 16.2 Å². The molecule has 268 valence electrons. The molecule has 1 atom stereocenters. The molecule has 1 unspecified atom stereocenters. The van der Waals surface area contributed by atoms with E-state index in [1.165, 1.54) is 106 Å². The maximum atomic E-state index is 2.58. The second kappa shape index (κ2) is 11.0. The molecule has 0 saturated carbocycles. The second-order valence-corrected chi connectivity index (χ2v) is 17.5. The van der Waals surface area contributed by atoms with Gasteiger partial charge in [-0.25, -0.2) is 0 Å². The third kappa shape index (κ3) is 3.86. The Labute approximate surface area is 330 Å². The molecule has 0 fully saturated rings. The van der Waals surface area contributed by atoms with Gasteiger partial charge >= 0.3 is 0 Å². The van der Waals surface area contributed by atoms with Gasteiger partial charge < -0.3 is 4.90 Å². The van der Waals surface area contributed by atoms with Crippen molar-refractivity contribution in [3.8, 4) is 33.4 Å². The van der Waals surface area contributed by atoms with E-state index in [1.54, 1.807) is 0 Å². The second-order valence-electron chi connectivity index (χ2n) is 17.5. The summed E-state index contributed by atoms with van der Waals surface area (Å²) in [4.78, 5) is 2.58. The SMILES string of the molecule is CC1(C)c2ccccc2-c2ccc(N(c3ccc4c(c3)C(C)(C)c3ccccc3-4)c3cccc4c3-c3ccccc3C43C4=CCCC=C4c4ccccc43)cc21. The molecule has 0 heterocycles. The topological polar surface area (TPSA) is 3.24 Å². The van der Waals surface area contributed by atoms with Gasteiger partial charge in [0, 0.05) is 27.8 Å². The van der Waals surface area contributed by atoms with Crippen molar-refractivity contribution in [2.45, 2.75) is 56.8 Å². The average Bonchev–Trinajstić information content (AvgIpc) is 3.87. The lowest BCUT2D eigenvalue weighted by atomic mass is 9.69. The molecule has 0 radical (unpaired) electrons. The molecule has 0 aliphatic heterocycles. The molecule has 7 aromatic carbocycles. The number of rotatable bonds is 3. The van der Waals surface area contributed by atoms with E-state index in [0.717, 1.165) is 12.8 Å². The highest BCUT2D eigenvalue weighted by atomic mass is 15.1. The number of hydrogen-bond donors (Lipinski definition) is 0. The van der Waals surface area contributed by atoms with E-state index < -0.39 is 0 Å². The van der Waals surface area contributed by atoms with Gasteiger partial charge in [0.15, 0.2) is 0 Å². The first kappa shape index (κ1) is 32.1. The van der Waals surface area contributed by atoms with Crippen LogP contribution in [0.3, 0.4) is 0 Å². The molecule has 1 spiro atoms. The quantitative estimate of drug-likeness (QED) is 0.176. The van der Waals surface area contributed by atoms with Crippen LogP contribution in [0.1, 0.15) is 85.0 Å². The van der Waals surface area contributed by atoms with Crippen molar-refractivity contribution in [3.63, 3.8) is 0 Å². The Morgan fingerprint density at radius 3 is 1.46 bits per heavy atom. The fourth-order valence-corrected chi connectivity index (χ4v) is 11.6. The number of benzene rings is 7. The molecule has 0 bridgehead atoms. The number of fused-ring (bicyclic) bond motifs is 16. The van der Waals surface area contributed by atoms with Crippen molar-refractivity contribution >= 4 is 22.6 Å². The van der Waals surface area contributed by atoms with Crippen LogP contribution in [0.2, 0.25) is 0 Å². The van der Waals surface area contributed by atoms with Crippen LogP contribution in [0.4, 0.5) is 17.1 Å². The number of hydrogen-bond acceptors (Lipinski definition) is 1. The minimum Gasteiger partial charge on any atom is -0.310 e. The van der Waals surface area contributed by atoms with Crippen molar-refractivity contribution < 1.29 is 0 Å². The first-order valence-electron chi connectivity index (χ1n) is 20.3. The zero-order chi connectivity index (χ0) is 37.6. The standard InChI is InChI=1S/C55H43N/c1-53(2)43-21-10-5-16-36(43)40-30-28-34(32-49(40)53)56(35-29-31-41-37-17-6-11-22-44(37)54(3,4)50(41)33-35)51-27-15-26-48-52(51)42-20-9-14-25-47(42)55(48)45-23-12-7-18-38(45)39-19-8-13-24-46(39)55/h5-7,9-12,14-33H,8,13H2,1-4H3. The van der Waals surface area contributed by atoms with E-state index >= 15 is 0 Å². The Morgan fingerprint density at radius 2 is 0.857 bits per heavy atom. The summed E-state index contributed by atoms with van der Waals surface area (Å²) in [5.41, 5.74) is 25.0. The summed E-state index contributed by atoms with van der Waals surface area (Å²) in [6.45, 7) is 9.56. The third-order valence-corrected chi connectivity index (χ3v) is 14.1. The fourth-order valence-electron chi connectivity index (χ4n) is 11.6. The van der Waals surface area contributed by atoms with E-state index in [0.29, 0.717) is 0 Å². The normalized spacial score (nSPS) is 19.1. The monoisotopic (exact) mass is 717 g/mol. The Morgan fingerprint density at radius 1 is 0.393 bits per heavy atom. The highest BCUT2D eigenvalue weighted by Crippen LogP contribution is 2.66. The molecule has 12 rings (SSSR count). The number of anilines is 3. The zero-order valence-corrected chi connectivity index (χ0v) is 32.4. The van der Waals surface area contributed by atoms with E-state index in [9.17, 15) is 0 Å². The van der Waals surface area contributed by atoms with Gasteiger partial charge in [-0.05, 0) is 127 Å². The smallest absolute Gasteiger partial charge is 0.0723 e. The molecule has 56 heavy (non-hydrogen) atoms. The van der Waals surface area contributed by atoms with E-state index in [2.05, 4.69) is 196 Å². The largest absolute Gasteiger partial charge is 0.310 e. The van der Waals surface area contributed by atoms with E-state index in [4.69, 9.17) is 0 Å². The minimum absolute atomic E-state index is 0.117. The van der Waals surface area contributed by atoms with Gasteiger partial charge in [-0.1, -0.05) is 161 Å². The summed E-state index contributed by atoms with van der Waals surface area (Å²) in [6, 6.07) is 58.0. The predicted octanol–water partition coefficient (Wildman–Crippen LogP) is 14.2. The first-order chi connectivity index (χ1) is 27.3. The highest BCUT2D eigenvalue weighted by molar-refractivity contribution is 6.04. The van der Waals surface area contributed by atoms with Crippen molar-refractivity contribution in [2.75, 3.05) is 4.90 Å². The molecule has 1 nitrogen and oxygen atoms in total. The van der Waals surface area contributed by atoms with Crippen LogP contribution in [-0.4, -0.2) is 0 Å². The van der Waals surface area contributed by atoms with Crippen LogP contribution in [0.15, 0.2) is 169 Å². The fraction of sp³-hybridized carbons (Fsp3) is 0.164. The van der Waals surface area contributed by atoms with Gasteiger partial charge in [-0.15, -0.1) is 0 Å². The number of allylic oxidation sites excluding steroid dienone is 4. The molecular formula is C55H43N. The van der Waals surface area contributed by atoms with E-state index in [1.807, 2.05) is 0 Å². The molecular weight excluding hydrogens is 675 g/mol. The lowest BCUT2D eigenvalue weighted by Gasteiger charge is -2.33. The lowest BCUT2D eigenvalue weighted by molar-refractivity contribution is 0.660. The Hall–Kier alpha value is -6.18. The van der Waals surface area contributed by atoms with Crippen LogP contribution in [0, 0.1) is 0 Å². The molecule has 5 aliphatic carbocycles. The van der Waals surface area contributed by atoms with Crippen molar-refractivity contribution in [3.05, 3.63) is 214 Å². The van der Waals surface area contributed by atoms with Crippen LogP contribution >= 0.6 is 0 Å². The van der Waals surface area contributed by atoms with Crippen LogP contribution < -0.4 is 4.90 Å². The maximum absolute atomic E-state index is 2.58. The number of nitrogens with zero attached hydrogens (tertiary/aromatic N) is 1. The summed E-state index contributed by atoms with van der Waals surface area (Å²) in [6.07, 6.45) is 7.20. The Bertz CT molecular complexity index is 2820. The summed E-state index contributed by atoms with van der Waals surface area (Å²) >= 11 is 0. The van der Waals surface area contributed by atoms with Crippen molar-refractivity contribution in [1.82, 2.24) is 0 Å². The lowest BCUT2D eigenvalue weighted by Crippen LogP contribution is -2.26. The zero-order valence-electron chi connectivity index (χ0n) is 32.4. The molecule has 0 aromatic heterocycles. The Balaban J connectivity index is 1.15. The Kier molecular flexibility index (Phi) is 6.30.